The van der Waals surface area contributed by atoms with E-state index in [0.717, 1.165) is 73.6 Å². The molecule has 8 nitrogen and oxygen atoms in total. The number of carbonyl (C=O) groups excluding carboxylic acids is 1. The number of nitrogens with zero attached hydrogens (tertiary/aromatic N) is 6. The van der Waals surface area contributed by atoms with Crippen molar-refractivity contribution < 1.29 is 4.79 Å². The Hall–Kier alpha value is -2.22. The second kappa shape index (κ2) is 9.07. The van der Waals surface area contributed by atoms with Gasteiger partial charge in [-0.2, -0.15) is 10.2 Å². The highest BCUT2D eigenvalue weighted by Gasteiger charge is 2.28. The average Bonchev–Trinajstić information content (AvgIpc) is 3.04. The Bertz CT molecular complexity index is 850. The van der Waals surface area contributed by atoms with Crippen LogP contribution in [0.3, 0.4) is 0 Å². The topological polar surface area (TPSA) is 79.2 Å². The van der Waals surface area contributed by atoms with E-state index >= 15 is 0 Å². The fourth-order valence-electron chi connectivity index (χ4n) is 4.15. The highest BCUT2D eigenvalue weighted by Crippen LogP contribution is 2.31. The Labute approximate surface area is 173 Å². The molecule has 0 atom stereocenters. The van der Waals surface area contributed by atoms with Crippen LogP contribution in [0, 0.1) is 19.8 Å². The van der Waals surface area contributed by atoms with Crippen LogP contribution < -0.4 is 10.2 Å². The van der Waals surface area contributed by atoms with Crippen molar-refractivity contribution in [2.24, 2.45) is 5.92 Å². The Balaban J connectivity index is 1.67. The summed E-state index contributed by atoms with van der Waals surface area (Å²) in [6.45, 7) is 11.7. The molecule has 1 N–H and O–H groups in total. The monoisotopic (exact) mass is 401 g/mol. The van der Waals surface area contributed by atoms with Crippen molar-refractivity contribution in [1.29, 1.82) is 0 Å². The van der Waals surface area contributed by atoms with Gasteiger partial charge < -0.3 is 15.1 Å². The molecule has 3 rings (SSSR count). The highest BCUT2D eigenvalue weighted by atomic mass is 16.1. The predicted octanol–water partition coefficient (Wildman–Crippen LogP) is 2.31. The quantitative estimate of drug-likeness (QED) is 0.717. The maximum absolute atomic E-state index is 12.5. The number of anilines is 1. The van der Waals surface area contributed by atoms with Gasteiger partial charge >= 0.3 is 0 Å². The van der Waals surface area contributed by atoms with Gasteiger partial charge in [-0.3, -0.25) is 9.48 Å². The molecule has 0 aliphatic carbocycles. The normalized spacial score (nSPS) is 15.7. The zero-order valence-corrected chi connectivity index (χ0v) is 18.7. The Kier molecular flexibility index (Phi) is 6.72. The molecule has 1 saturated heterocycles. The molecule has 0 aromatic carbocycles. The Morgan fingerprint density at radius 2 is 1.90 bits per heavy atom. The van der Waals surface area contributed by atoms with Crippen molar-refractivity contribution in [3.63, 3.8) is 0 Å². The SMILES string of the molecule is Cc1nnc(N2CCC(C(=O)NCCCN(C)C)CC2)c2nn(C(C)C)c(C)c12. The van der Waals surface area contributed by atoms with Crippen LogP contribution in [0.1, 0.15) is 50.5 Å². The Morgan fingerprint density at radius 1 is 1.21 bits per heavy atom. The molecule has 2 aromatic rings. The summed E-state index contributed by atoms with van der Waals surface area (Å²) in [6, 6.07) is 0.288. The first-order valence-corrected chi connectivity index (χ1v) is 10.7. The summed E-state index contributed by atoms with van der Waals surface area (Å²) < 4.78 is 2.05. The van der Waals surface area contributed by atoms with Gasteiger partial charge in [-0.05, 0) is 67.6 Å². The minimum atomic E-state index is 0.0782. The van der Waals surface area contributed by atoms with Crippen LogP contribution >= 0.6 is 0 Å². The third-order valence-electron chi connectivity index (χ3n) is 5.75. The number of carbonyl (C=O) groups is 1. The van der Waals surface area contributed by atoms with Crippen molar-refractivity contribution in [3.8, 4) is 0 Å². The number of aromatic nitrogens is 4. The maximum Gasteiger partial charge on any atom is 0.223 e. The molecule has 3 heterocycles. The lowest BCUT2D eigenvalue weighted by atomic mass is 9.95. The summed E-state index contributed by atoms with van der Waals surface area (Å²) in [5.41, 5.74) is 2.98. The molecule has 1 fully saturated rings. The lowest BCUT2D eigenvalue weighted by Crippen LogP contribution is -2.41. The van der Waals surface area contributed by atoms with Crippen LogP contribution in [-0.4, -0.2) is 71.1 Å². The van der Waals surface area contributed by atoms with Crippen LogP contribution in [0.25, 0.3) is 10.9 Å². The number of hydrogen-bond acceptors (Lipinski definition) is 6. The van der Waals surface area contributed by atoms with E-state index in [-0.39, 0.29) is 17.9 Å². The van der Waals surface area contributed by atoms with Crippen molar-refractivity contribution in [2.75, 3.05) is 45.2 Å². The number of hydrogen-bond donors (Lipinski definition) is 1. The molecule has 2 aromatic heterocycles. The second-order valence-corrected chi connectivity index (χ2v) is 8.67. The highest BCUT2D eigenvalue weighted by molar-refractivity contribution is 5.92. The van der Waals surface area contributed by atoms with Gasteiger partial charge in [-0.1, -0.05) is 0 Å². The van der Waals surface area contributed by atoms with Gasteiger partial charge in [0.25, 0.3) is 0 Å². The largest absolute Gasteiger partial charge is 0.356 e. The molecule has 0 spiro atoms. The van der Waals surface area contributed by atoms with E-state index in [1.165, 1.54) is 0 Å². The first-order chi connectivity index (χ1) is 13.8. The van der Waals surface area contributed by atoms with Crippen molar-refractivity contribution in [2.45, 2.75) is 53.0 Å². The lowest BCUT2D eigenvalue weighted by Gasteiger charge is -2.32. The summed E-state index contributed by atoms with van der Waals surface area (Å²) >= 11 is 0. The smallest absolute Gasteiger partial charge is 0.223 e. The van der Waals surface area contributed by atoms with Crippen molar-refractivity contribution >= 4 is 22.6 Å². The van der Waals surface area contributed by atoms with Crippen LogP contribution in [0.5, 0.6) is 0 Å². The van der Waals surface area contributed by atoms with E-state index in [4.69, 9.17) is 5.10 Å². The molecule has 1 aliphatic heterocycles. The molecular weight excluding hydrogens is 366 g/mol. The molecule has 0 bridgehead atoms. The zero-order chi connectivity index (χ0) is 21.1. The molecule has 0 unspecified atom stereocenters. The lowest BCUT2D eigenvalue weighted by molar-refractivity contribution is -0.125. The number of piperidine rings is 1. The van der Waals surface area contributed by atoms with Gasteiger partial charge in [-0.25, -0.2) is 0 Å². The molecule has 29 heavy (non-hydrogen) atoms. The molecule has 160 valence electrons. The van der Waals surface area contributed by atoms with Gasteiger partial charge in [0.05, 0.1) is 5.69 Å². The molecule has 0 radical (unpaired) electrons. The van der Waals surface area contributed by atoms with E-state index < -0.39 is 0 Å². The molecule has 1 amide bonds. The molecule has 1 aliphatic rings. The maximum atomic E-state index is 12.5. The fraction of sp³-hybridized carbons (Fsp3) is 0.714. The van der Waals surface area contributed by atoms with Gasteiger partial charge in [-0.15, -0.1) is 5.10 Å². The number of fused-ring (bicyclic) bond motifs is 1. The molecule has 0 saturated carbocycles. The summed E-state index contributed by atoms with van der Waals surface area (Å²) in [5.74, 6) is 1.11. The second-order valence-electron chi connectivity index (χ2n) is 8.67. The first kappa shape index (κ1) is 21.5. The standard InChI is InChI=1S/C21H35N7O/c1-14(2)28-16(4)18-15(3)23-24-20(19(18)25-28)27-12-8-17(9-13-27)21(29)22-10-7-11-26(5)6/h14,17H,7-13H2,1-6H3,(H,22,29). The van der Waals surface area contributed by atoms with E-state index in [2.05, 4.69) is 50.8 Å². The fourth-order valence-corrected chi connectivity index (χ4v) is 4.15. The van der Waals surface area contributed by atoms with E-state index in [0.29, 0.717) is 0 Å². The van der Waals surface area contributed by atoms with Crippen LogP contribution in [0.2, 0.25) is 0 Å². The zero-order valence-electron chi connectivity index (χ0n) is 18.7. The van der Waals surface area contributed by atoms with E-state index in [1.807, 2.05) is 21.0 Å². The minimum Gasteiger partial charge on any atom is -0.356 e. The number of rotatable bonds is 7. The predicted molar refractivity (Wildman–Crippen MR) is 116 cm³/mol. The third kappa shape index (κ3) is 4.69. The summed E-state index contributed by atoms with van der Waals surface area (Å²) in [5, 5.41) is 17.9. The summed E-state index contributed by atoms with van der Waals surface area (Å²) in [7, 11) is 4.10. The van der Waals surface area contributed by atoms with Crippen molar-refractivity contribution in [1.82, 2.24) is 30.2 Å². The Morgan fingerprint density at radius 3 is 2.52 bits per heavy atom. The summed E-state index contributed by atoms with van der Waals surface area (Å²) in [6.07, 6.45) is 2.65. The van der Waals surface area contributed by atoms with Crippen molar-refractivity contribution in [3.05, 3.63) is 11.4 Å². The number of amides is 1. The van der Waals surface area contributed by atoms with Gasteiger partial charge in [0.15, 0.2) is 5.82 Å². The average molecular weight is 402 g/mol. The van der Waals surface area contributed by atoms with Gasteiger partial charge in [0.1, 0.15) is 5.52 Å². The van der Waals surface area contributed by atoms with Crippen LogP contribution in [0.15, 0.2) is 0 Å². The minimum absolute atomic E-state index is 0.0782. The van der Waals surface area contributed by atoms with Crippen LogP contribution in [0.4, 0.5) is 5.82 Å². The third-order valence-corrected chi connectivity index (χ3v) is 5.75. The molecule has 8 heteroatoms. The molecular formula is C21H35N7O. The number of nitrogens with one attached hydrogen (secondary N) is 1. The van der Waals surface area contributed by atoms with Crippen LogP contribution in [-0.2, 0) is 4.79 Å². The van der Waals surface area contributed by atoms with Gasteiger partial charge in [0, 0.05) is 42.7 Å². The first-order valence-electron chi connectivity index (χ1n) is 10.7. The van der Waals surface area contributed by atoms with E-state index in [1.54, 1.807) is 0 Å². The van der Waals surface area contributed by atoms with Gasteiger partial charge in [0.2, 0.25) is 5.91 Å². The summed E-state index contributed by atoms with van der Waals surface area (Å²) in [4.78, 5) is 16.9. The number of aryl methyl sites for hydroxylation is 2. The van der Waals surface area contributed by atoms with E-state index in [9.17, 15) is 4.79 Å².